The zero-order valence-corrected chi connectivity index (χ0v) is 13.0. The number of hydrogen-bond donors (Lipinski definition) is 2. The van der Waals surface area contributed by atoms with Crippen molar-refractivity contribution in [1.82, 2.24) is 10.2 Å². The van der Waals surface area contributed by atoms with E-state index in [1.807, 2.05) is 0 Å². The standard InChI is InChI=1S/C15H31N3O/c1-5-18(6-2)11-9-13-8-7-10-15(13,14(16)19)17-12(3)4/h12-13,17H,5-11H2,1-4H3,(H2,16,19). The van der Waals surface area contributed by atoms with Crippen LogP contribution in [-0.2, 0) is 4.79 Å². The van der Waals surface area contributed by atoms with Crippen LogP contribution in [0.15, 0.2) is 0 Å². The predicted molar refractivity (Wildman–Crippen MR) is 79.9 cm³/mol. The van der Waals surface area contributed by atoms with Crippen LogP contribution in [0.3, 0.4) is 0 Å². The fourth-order valence-electron chi connectivity index (χ4n) is 3.45. The Morgan fingerprint density at radius 2 is 2.05 bits per heavy atom. The van der Waals surface area contributed by atoms with E-state index in [-0.39, 0.29) is 5.91 Å². The highest BCUT2D eigenvalue weighted by atomic mass is 16.1. The third-order valence-corrected chi connectivity index (χ3v) is 4.49. The fourth-order valence-corrected chi connectivity index (χ4v) is 3.45. The molecule has 112 valence electrons. The molecule has 1 saturated carbocycles. The molecule has 2 unspecified atom stereocenters. The molecule has 19 heavy (non-hydrogen) atoms. The Bertz CT molecular complexity index is 289. The highest BCUT2D eigenvalue weighted by Gasteiger charge is 2.47. The number of carbonyl (C=O) groups excluding carboxylic acids is 1. The van der Waals surface area contributed by atoms with Crippen molar-refractivity contribution in [1.29, 1.82) is 0 Å². The second-order valence-electron chi connectivity index (χ2n) is 6.04. The van der Waals surface area contributed by atoms with Gasteiger partial charge in [0, 0.05) is 6.04 Å². The van der Waals surface area contributed by atoms with Gasteiger partial charge in [-0.3, -0.25) is 4.79 Å². The van der Waals surface area contributed by atoms with Gasteiger partial charge in [0.2, 0.25) is 5.91 Å². The van der Waals surface area contributed by atoms with Gasteiger partial charge in [-0.05, 0) is 58.7 Å². The van der Waals surface area contributed by atoms with E-state index >= 15 is 0 Å². The van der Waals surface area contributed by atoms with Gasteiger partial charge in [-0.2, -0.15) is 0 Å². The van der Waals surface area contributed by atoms with Crippen LogP contribution in [0.1, 0.15) is 53.4 Å². The van der Waals surface area contributed by atoms with Crippen molar-refractivity contribution in [2.45, 2.75) is 65.0 Å². The zero-order chi connectivity index (χ0) is 14.5. The number of nitrogens with two attached hydrogens (primary N) is 1. The lowest BCUT2D eigenvalue weighted by atomic mass is 9.83. The summed E-state index contributed by atoms with van der Waals surface area (Å²) in [5, 5.41) is 3.47. The van der Waals surface area contributed by atoms with Crippen molar-refractivity contribution in [3.05, 3.63) is 0 Å². The van der Waals surface area contributed by atoms with Crippen LogP contribution in [0, 0.1) is 5.92 Å². The SMILES string of the molecule is CCN(CC)CCC1CCCC1(NC(C)C)C(N)=O. The molecule has 0 heterocycles. The Hall–Kier alpha value is -0.610. The molecule has 1 fully saturated rings. The maximum Gasteiger partial charge on any atom is 0.238 e. The number of nitrogens with zero attached hydrogens (tertiary/aromatic N) is 1. The summed E-state index contributed by atoms with van der Waals surface area (Å²) >= 11 is 0. The van der Waals surface area contributed by atoms with Crippen molar-refractivity contribution in [3.8, 4) is 0 Å². The van der Waals surface area contributed by atoms with E-state index in [1.54, 1.807) is 0 Å². The molecule has 0 spiro atoms. The number of carbonyl (C=O) groups is 1. The second kappa shape index (κ2) is 7.25. The molecular formula is C15H31N3O. The first-order valence-corrected chi connectivity index (χ1v) is 7.76. The summed E-state index contributed by atoms with van der Waals surface area (Å²) in [5.74, 6) is 0.219. The highest BCUT2D eigenvalue weighted by Crippen LogP contribution is 2.38. The van der Waals surface area contributed by atoms with Crippen molar-refractivity contribution in [3.63, 3.8) is 0 Å². The van der Waals surface area contributed by atoms with Gasteiger partial charge >= 0.3 is 0 Å². The summed E-state index contributed by atoms with van der Waals surface area (Å²) in [4.78, 5) is 14.4. The van der Waals surface area contributed by atoms with Crippen LogP contribution in [0.5, 0.6) is 0 Å². The van der Waals surface area contributed by atoms with Gasteiger partial charge < -0.3 is 16.0 Å². The maximum absolute atomic E-state index is 12.0. The Morgan fingerprint density at radius 3 is 2.53 bits per heavy atom. The zero-order valence-electron chi connectivity index (χ0n) is 13.0. The van der Waals surface area contributed by atoms with Crippen LogP contribution in [0.2, 0.25) is 0 Å². The van der Waals surface area contributed by atoms with E-state index in [4.69, 9.17) is 5.73 Å². The van der Waals surface area contributed by atoms with E-state index in [0.29, 0.717) is 12.0 Å². The summed E-state index contributed by atoms with van der Waals surface area (Å²) in [6.07, 6.45) is 4.17. The van der Waals surface area contributed by atoms with Gasteiger partial charge in [0.1, 0.15) is 5.54 Å². The van der Waals surface area contributed by atoms with Crippen molar-refractivity contribution in [2.75, 3.05) is 19.6 Å². The van der Waals surface area contributed by atoms with Gasteiger partial charge in [-0.15, -0.1) is 0 Å². The summed E-state index contributed by atoms with van der Waals surface area (Å²) in [6, 6.07) is 0.293. The summed E-state index contributed by atoms with van der Waals surface area (Å²) in [6.45, 7) is 11.8. The minimum Gasteiger partial charge on any atom is -0.368 e. The van der Waals surface area contributed by atoms with Crippen molar-refractivity contribution >= 4 is 5.91 Å². The lowest BCUT2D eigenvalue weighted by molar-refractivity contribution is -0.126. The molecule has 0 bridgehead atoms. The Labute approximate surface area is 118 Å². The van der Waals surface area contributed by atoms with Crippen LogP contribution < -0.4 is 11.1 Å². The number of amides is 1. The third-order valence-electron chi connectivity index (χ3n) is 4.49. The van der Waals surface area contributed by atoms with Crippen LogP contribution in [0.25, 0.3) is 0 Å². The summed E-state index contributed by atoms with van der Waals surface area (Å²) < 4.78 is 0. The molecule has 4 heteroatoms. The molecule has 1 amide bonds. The van der Waals surface area contributed by atoms with Gasteiger partial charge in [-0.25, -0.2) is 0 Å². The van der Waals surface area contributed by atoms with Crippen LogP contribution in [0.4, 0.5) is 0 Å². The average Bonchev–Trinajstić information content (AvgIpc) is 2.74. The molecule has 3 N–H and O–H groups in total. The minimum atomic E-state index is -0.471. The molecule has 0 saturated heterocycles. The van der Waals surface area contributed by atoms with Gasteiger partial charge in [0.25, 0.3) is 0 Å². The van der Waals surface area contributed by atoms with Crippen molar-refractivity contribution < 1.29 is 4.79 Å². The summed E-state index contributed by atoms with van der Waals surface area (Å²) in [5.41, 5.74) is 5.26. The van der Waals surface area contributed by atoms with E-state index in [9.17, 15) is 4.79 Å². The molecule has 1 aliphatic carbocycles. The van der Waals surface area contributed by atoms with E-state index in [1.165, 1.54) is 0 Å². The lowest BCUT2D eigenvalue weighted by Crippen LogP contribution is -2.60. The first-order chi connectivity index (χ1) is 8.96. The fraction of sp³-hybridized carbons (Fsp3) is 0.933. The monoisotopic (exact) mass is 269 g/mol. The molecule has 0 aromatic rings. The number of primary amides is 1. The molecule has 0 aliphatic heterocycles. The Balaban J connectivity index is 2.71. The molecule has 1 rings (SSSR count). The summed E-state index contributed by atoms with van der Waals surface area (Å²) in [7, 11) is 0. The molecule has 0 radical (unpaired) electrons. The van der Waals surface area contributed by atoms with E-state index < -0.39 is 5.54 Å². The molecule has 0 aromatic heterocycles. The van der Waals surface area contributed by atoms with E-state index in [0.717, 1.165) is 45.3 Å². The molecule has 1 aliphatic rings. The third kappa shape index (κ3) is 3.93. The maximum atomic E-state index is 12.0. The quantitative estimate of drug-likeness (QED) is 0.705. The van der Waals surface area contributed by atoms with Crippen molar-refractivity contribution in [2.24, 2.45) is 11.7 Å². The number of nitrogens with one attached hydrogen (secondary N) is 1. The van der Waals surface area contributed by atoms with E-state index in [2.05, 4.69) is 37.9 Å². The molecule has 0 aromatic carbocycles. The first kappa shape index (κ1) is 16.4. The lowest BCUT2D eigenvalue weighted by Gasteiger charge is -2.36. The van der Waals surface area contributed by atoms with Gasteiger partial charge in [0.05, 0.1) is 0 Å². The van der Waals surface area contributed by atoms with Crippen LogP contribution in [-0.4, -0.2) is 42.0 Å². The largest absolute Gasteiger partial charge is 0.368 e. The average molecular weight is 269 g/mol. The topological polar surface area (TPSA) is 58.4 Å². The molecule has 4 nitrogen and oxygen atoms in total. The molecular weight excluding hydrogens is 238 g/mol. The highest BCUT2D eigenvalue weighted by molar-refractivity contribution is 5.85. The van der Waals surface area contributed by atoms with Gasteiger partial charge in [0.15, 0.2) is 0 Å². The minimum absolute atomic E-state index is 0.164. The predicted octanol–water partition coefficient (Wildman–Crippen LogP) is 1.74. The Morgan fingerprint density at radius 1 is 1.42 bits per heavy atom. The van der Waals surface area contributed by atoms with Crippen LogP contribution >= 0.6 is 0 Å². The Kier molecular flexibility index (Phi) is 6.27. The number of rotatable bonds is 8. The second-order valence-corrected chi connectivity index (χ2v) is 6.04. The normalized spacial score (nSPS) is 27.4. The first-order valence-electron chi connectivity index (χ1n) is 7.76. The molecule has 2 atom stereocenters. The number of hydrogen-bond acceptors (Lipinski definition) is 3. The smallest absolute Gasteiger partial charge is 0.238 e. The van der Waals surface area contributed by atoms with Gasteiger partial charge in [-0.1, -0.05) is 20.3 Å².